The van der Waals surface area contributed by atoms with Crippen LogP contribution in [0.3, 0.4) is 0 Å². The molecule has 10 heteroatoms. The molecule has 1 unspecified atom stereocenters. The molecule has 1 atom stereocenters. The molecule has 2 saturated heterocycles. The Morgan fingerprint density at radius 1 is 1.14 bits per heavy atom. The van der Waals surface area contributed by atoms with Gasteiger partial charge in [-0.3, -0.25) is 4.79 Å². The number of fused-ring (bicyclic) bond motifs is 1. The second-order valence-corrected chi connectivity index (χ2v) is 11.5. The normalized spacial score (nSPS) is 20.4. The summed E-state index contributed by atoms with van der Waals surface area (Å²) >= 11 is 0. The van der Waals surface area contributed by atoms with Gasteiger partial charge >= 0.3 is 0 Å². The number of carbonyl (C=O) groups excluding carboxylic acids is 1. The molecule has 0 radical (unpaired) electrons. The lowest BCUT2D eigenvalue weighted by Crippen LogP contribution is -2.48. The summed E-state index contributed by atoms with van der Waals surface area (Å²) in [4.78, 5) is 27.5. The monoisotopic (exact) mass is 497 g/mol. The number of rotatable bonds is 5. The molecule has 5 rings (SSSR count). The van der Waals surface area contributed by atoms with Gasteiger partial charge in [0.05, 0.1) is 35.9 Å². The average molecular weight is 498 g/mol. The molecular weight excluding hydrogens is 466 g/mol. The van der Waals surface area contributed by atoms with Crippen molar-refractivity contribution in [2.24, 2.45) is 0 Å². The van der Waals surface area contributed by atoms with E-state index < -0.39 is 9.84 Å². The van der Waals surface area contributed by atoms with Gasteiger partial charge in [-0.15, -0.1) is 0 Å². The number of carbonyl (C=O) groups is 1. The number of aryl methyl sites for hydroxylation is 1. The predicted octanol–water partition coefficient (Wildman–Crippen LogP) is 2.55. The summed E-state index contributed by atoms with van der Waals surface area (Å²) in [5, 5.41) is 0. The molecule has 9 nitrogen and oxygen atoms in total. The van der Waals surface area contributed by atoms with Gasteiger partial charge in [0, 0.05) is 31.7 Å². The van der Waals surface area contributed by atoms with Crippen LogP contribution in [0.15, 0.2) is 30.3 Å². The molecule has 0 spiro atoms. The molecule has 2 fully saturated rings. The minimum Gasteiger partial charge on any atom is -0.497 e. The number of methoxy groups -OCH3 is 1. The molecule has 4 heterocycles. The number of hydrogen-bond donors (Lipinski definition) is 0. The fourth-order valence-electron chi connectivity index (χ4n) is 5.14. The number of hydrogen-bond acceptors (Lipinski definition) is 7. The Labute approximate surface area is 205 Å². The van der Waals surface area contributed by atoms with Crippen LogP contribution in [0.2, 0.25) is 0 Å². The largest absolute Gasteiger partial charge is 0.497 e. The van der Waals surface area contributed by atoms with Crippen molar-refractivity contribution in [2.45, 2.75) is 26.3 Å². The summed E-state index contributed by atoms with van der Waals surface area (Å²) in [5.41, 5.74) is 3.04. The fourth-order valence-corrected chi connectivity index (χ4v) is 6.84. The Balaban J connectivity index is 1.65. The summed E-state index contributed by atoms with van der Waals surface area (Å²) in [5.74, 6) is 1.49. The molecule has 0 saturated carbocycles. The van der Waals surface area contributed by atoms with Crippen LogP contribution in [-0.4, -0.2) is 90.0 Å². The highest BCUT2D eigenvalue weighted by Gasteiger charge is 2.33. The van der Waals surface area contributed by atoms with Gasteiger partial charge in [-0.05, 0) is 38.1 Å². The number of ether oxygens (including phenoxy) is 1. The highest BCUT2D eigenvalue weighted by atomic mass is 32.2. The Kier molecular flexibility index (Phi) is 6.27. The summed E-state index contributed by atoms with van der Waals surface area (Å²) in [7, 11) is -1.48. The zero-order valence-electron chi connectivity index (χ0n) is 20.4. The van der Waals surface area contributed by atoms with Gasteiger partial charge in [0.25, 0.3) is 5.91 Å². The van der Waals surface area contributed by atoms with E-state index in [0.29, 0.717) is 48.0 Å². The third-order valence-electron chi connectivity index (χ3n) is 7.10. The number of sulfone groups is 1. The first-order valence-corrected chi connectivity index (χ1v) is 13.9. The molecule has 2 aliphatic rings. The lowest BCUT2D eigenvalue weighted by molar-refractivity contribution is 0.0639. The van der Waals surface area contributed by atoms with E-state index in [4.69, 9.17) is 14.7 Å². The van der Waals surface area contributed by atoms with Crippen LogP contribution >= 0.6 is 0 Å². The van der Waals surface area contributed by atoms with Gasteiger partial charge in [-0.25, -0.2) is 18.4 Å². The van der Waals surface area contributed by atoms with Crippen LogP contribution in [0.1, 0.15) is 35.7 Å². The van der Waals surface area contributed by atoms with E-state index in [0.717, 1.165) is 30.7 Å². The summed E-state index contributed by atoms with van der Waals surface area (Å²) in [6.45, 7) is 7.88. The minimum absolute atomic E-state index is 0.0817. The first-order valence-electron chi connectivity index (χ1n) is 12.1. The molecular formula is C25H31N5O4S. The minimum atomic E-state index is -3.09. The standard InChI is InChI=1S/C25H31N5O4S/c1-4-28-9-11-29(12-10-28)25(31)24-23-22(15-21(27-24)18-6-5-7-20(14-18)34-3)30(17(2)26-23)19-8-13-35(32,33)16-19/h5-7,14-15,19H,4,8-13,16H2,1-3H3. The van der Waals surface area contributed by atoms with E-state index in [1.165, 1.54) is 0 Å². The van der Waals surface area contributed by atoms with Crippen LogP contribution in [0.4, 0.5) is 0 Å². The lowest BCUT2D eigenvalue weighted by atomic mass is 10.1. The first kappa shape index (κ1) is 23.7. The van der Waals surface area contributed by atoms with E-state index in [1.807, 2.05) is 46.7 Å². The van der Waals surface area contributed by atoms with E-state index in [9.17, 15) is 13.2 Å². The van der Waals surface area contributed by atoms with Crippen molar-refractivity contribution < 1.29 is 17.9 Å². The molecule has 1 amide bonds. The zero-order chi connectivity index (χ0) is 24.7. The average Bonchev–Trinajstić information content (AvgIpc) is 3.40. The zero-order valence-corrected chi connectivity index (χ0v) is 21.2. The van der Waals surface area contributed by atoms with Crippen LogP contribution in [0.25, 0.3) is 22.3 Å². The van der Waals surface area contributed by atoms with Gasteiger partial charge < -0.3 is 19.1 Å². The molecule has 3 aromatic rings. The van der Waals surface area contributed by atoms with Crippen LogP contribution in [0, 0.1) is 6.92 Å². The number of imidazole rings is 1. The van der Waals surface area contributed by atoms with Crippen molar-refractivity contribution in [1.82, 2.24) is 24.3 Å². The van der Waals surface area contributed by atoms with Gasteiger partial charge in [0.2, 0.25) is 0 Å². The van der Waals surface area contributed by atoms with Crippen LogP contribution < -0.4 is 4.74 Å². The third kappa shape index (κ3) is 4.52. The Morgan fingerprint density at radius 3 is 2.57 bits per heavy atom. The molecule has 1 aromatic carbocycles. The second-order valence-electron chi connectivity index (χ2n) is 9.27. The van der Waals surface area contributed by atoms with Crippen LogP contribution in [-0.2, 0) is 9.84 Å². The highest BCUT2D eigenvalue weighted by Crippen LogP contribution is 2.33. The van der Waals surface area contributed by atoms with Crippen LogP contribution in [0.5, 0.6) is 5.75 Å². The topological polar surface area (TPSA) is 97.6 Å². The molecule has 0 N–H and O–H groups in total. The SMILES string of the molecule is CCN1CCN(C(=O)c2nc(-c3cccc(OC)c3)cc3c2nc(C)n3C2CCS(=O)(=O)C2)CC1. The molecule has 2 aliphatic heterocycles. The second kappa shape index (κ2) is 9.23. The number of aromatic nitrogens is 3. The van der Waals surface area contributed by atoms with Gasteiger partial charge in [-0.1, -0.05) is 19.1 Å². The first-order chi connectivity index (χ1) is 16.8. The summed E-state index contributed by atoms with van der Waals surface area (Å²) < 4.78 is 31.9. The third-order valence-corrected chi connectivity index (χ3v) is 8.85. The molecule has 186 valence electrons. The van der Waals surface area contributed by atoms with Crippen molar-refractivity contribution in [1.29, 1.82) is 0 Å². The Morgan fingerprint density at radius 2 is 1.91 bits per heavy atom. The quantitative estimate of drug-likeness (QED) is 0.534. The van der Waals surface area contributed by atoms with Crippen molar-refractivity contribution >= 4 is 26.8 Å². The maximum atomic E-state index is 13.7. The number of nitrogens with zero attached hydrogens (tertiary/aromatic N) is 5. The van der Waals surface area contributed by atoms with Crippen molar-refractivity contribution in [2.75, 3.05) is 51.3 Å². The van der Waals surface area contributed by atoms with E-state index in [-0.39, 0.29) is 23.5 Å². The Bertz CT molecular complexity index is 1380. The molecule has 0 aliphatic carbocycles. The van der Waals surface area contributed by atoms with Crippen molar-refractivity contribution in [3.8, 4) is 17.0 Å². The Hall–Kier alpha value is -2.98. The van der Waals surface area contributed by atoms with E-state index >= 15 is 0 Å². The molecule has 0 bridgehead atoms. The van der Waals surface area contributed by atoms with E-state index in [1.54, 1.807) is 7.11 Å². The number of benzene rings is 1. The predicted molar refractivity (Wildman–Crippen MR) is 135 cm³/mol. The number of pyridine rings is 1. The summed E-state index contributed by atoms with van der Waals surface area (Å²) in [6, 6.07) is 9.27. The lowest BCUT2D eigenvalue weighted by Gasteiger charge is -2.33. The van der Waals surface area contributed by atoms with Crippen molar-refractivity contribution in [3.63, 3.8) is 0 Å². The van der Waals surface area contributed by atoms with Crippen molar-refractivity contribution in [3.05, 3.63) is 41.9 Å². The van der Waals surface area contributed by atoms with Gasteiger partial charge in [0.1, 0.15) is 17.1 Å². The van der Waals surface area contributed by atoms with Gasteiger partial charge in [0.15, 0.2) is 15.5 Å². The smallest absolute Gasteiger partial charge is 0.274 e. The number of amides is 1. The highest BCUT2D eigenvalue weighted by molar-refractivity contribution is 7.91. The van der Waals surface area contributed by atoms with E-state index in [2.05, 4.69) is 11.8 Å². The maximum Gasteiger partial charge on any atom is 0.274 e. The number of piperazine rings is 1. The van der Waals surface area contributed by atoms with Gasteiger partial charge in [-0.2, -0.15) is 0 Å². The molecule has 2 aromatic heterocycles. The summed E-state index contributed by atoms with van der Waals surface area (Å²) in [6.07, 6.45) is 0.535. The fraction of sp³-hybridized carbons (Fsp3) is 0.480. The molecule has 35 heavy (non-hydrogen) atoms. The number of likely N-dealkylation sites (N-methyl/N-ethyl adjacent to an activating group) is 1. The maximum absolute atomic E-state index is 13.7.